The summed E-state index contributed by atoms with van der Waals surface area (Å²) in [5.74, 6) is -3.69. The van der Waals surface area contributed by atoms with E-state index in [0.717, 1.165) is 0 Å². The third-order valence-corrected chi connectivity index (χ3v) is 3.23. The first kappa shape index (κ1) is 13.4. The standard InChI is InChI=1S/C9H10O7S/c1-4-3-6(16-5(4)2)8(17(13,14)15)7(10)9(11)12/h3,8H,1-2H3,(H,11,12)(H,13,14,15). The van der Waals surface area contributed by atoms with Gasteiger partial charge in [-0.15, -0.1) is 0 Å². The van der Waals surface area contributed by atoms with Gasteiger partial charge >= 0.3 is 5.97 Å². The molecule has 1 atom stereocenters. The number of hydrogen-bond acceptors (Lipinski definition) is 5. The van der Waals surface area contributed by atoms with Gasteiger partial charge < -0.3 is 9.52 Å². The van der Waals surface area contributed by atoms with Crippen LogP contribution in [-0.4, -0.2) is 29.8 Å². The van der Waals surface area contributed by atoms with Crippen molar-refractivity contribution in [2.45, 2.75) is 19.1 Å². The van der Waals surface area contributed by atoms with Gasteiger partial charge in [0.15, 0.2) is 0 Å². The molecule has 1 heterocycles. The Kier molecular flexibility index (Phi) is 3.39. The lowest BCUT2D eigenvalue weighted by molar-refractivity contribution is -0.149. The second-order valence-electron chi connectivity index (χ2n) is 3.45. The average molecular weight is 262 g/mol. The molecule has 0 bridgehead atoms. The molecule has 0 aliphatic rings. The van der Waals surface area contributed by atoms with Crippen LogP contribution in [0.5, 0.6) is 0 Å². The molecule has 7 nitrogen and oxygen atoms in total. The van der Waals surface area contributed by atoms with E-state index < -0.39 is 32.9 Å². The number of furan rings is 1. The van der Waals surface area contributed by atoms with Gasteiger partial charge in [0.05, 0.1) is 0 Å². The SMILES string of the molecule is Cc1cc(C(C(=O)C(=O)O)S(=O)(=O)O)oc1C. The van der Waals surface area contributed by atoms with E-state index >= 15 is 0 Å². The van der Waals surface area contributed by atoms with Crippen molar-refractivity contribution in [3.05, 3.63) is 23.2 Å². The van der Waals surface area contributed by atoms with E-state index in [9.17, 15) is 18.0 Å². The number of carbonyl (C=O) groups excluding carboxylic acids is 1. The van der Waals surface area contributed by atoms with Gasteiger partial charge in [-0.05, 0) is 25.5 Å². The molecular formula is C9H10O7S. The Labute approximate surface area is 96.8 Å². The molecule has 0 aliphatic carbocycles. The Morgan fingerprint density at radius 1 is 1.35 bits per heavy atom. The summed E-state index contributed by atoms with van der Waals surface area (Å²) < 4.78 is 35.8. The zero-order valence-corrected chi connectivity index (χ0v) is 9.82. The molecule has 94 valence electrons. The summed E-state index contributed by atoms with van der Waals surface area (Å²) in [7, 11) is -4.89. The van der Waals surface area contributed by atoms with Crippen molar-refractivity contribution >= 4 is 21.9 Å². The Balaban J connectivity index is 3.36. The van der Waals surface area contributed by atoms with Gasteiger partial charge in [-0.3, -0.25) is 9.35 Å². The molecule has 0 radical (unpaired) electrons. The van der Waals surface area contributed by atoms with Crippen molar-refractivity contribution in [2.24, 2.45) is 0 Å². The highest BCUT2D eigenvalue weighted by Crippen LogP contribution is 2.26. The number of Topliss-reactive ketones (excluding diaryl/α,β-unsaturated/α-hetero) is 1. The third-order valence-electron chi connectivity index (χ3n) is 2.19. The predicted molar refractivity (Wildman–Crippen MR) is 55.1 cm³/mol. The lowest BCUT2D eigenvalue weighted by Crippen LogP contribution is -2.27. The number of ketones is 1. The Hall–Kier alpha value is -1.67. The molecule has 8 heteroatoms. The summed E-state index contributed by atoms with van der Waals surface area (Å²) in [5.41, 5.74) is 0.548. The molecule has 0 fully saturated rings. The molecule has 0 saturated heterocycles. The number of carboxylic acids is 1. The van der Waals surface area contributed by atoms with E-state index in [1.165, 1.54) is 13.0 Å². The minimum atomic E-state index is -4.89. The molecule has 1 aromatic heterocycles. The van der Waals surface area contributed by atoms with Crippen LogP contribution in [0.3, 0.4) is 0 Å². The average Bonchev–Trinajstić information content (AvgIpc) is 2.43. The molecule has 0 saturated carbocycles. The van der Waals surface area contributed by atoms with Crippen LogP contribution < -0.4 is 0 Å². The highest BCUT2D eigenvalue weighted by atomic mass is 32.2. The van der Waals surface area contributed by atoms with Gasteiger partial charge in [-0.2, -0.15) is 8.42 Å². The number of aryl methyl sites for hydroxylation is 2. The van der Waals surface area contributed by atoms with Gasteiger partial charge in [0, 0.05) is 0 Å². The van der Waals surface area contributed by atoms with Crippen LogP contribution in [0.4, 0.5) is 0 Å². The van der Waals surface area contributed by atoms with Crippen molar-refractivity contribution in [3.8, 4) is 0 Å². The Morgan fingerprint density at radius 2 is 1.88 bits per heavy atom. The summed E-state index contributed by atoms with van der Waals surface area (Å²) >= 11 is 0. The first-order chi connectivity index (χ1) is 7.64. The zero-order valence-electron chi connectivity index (χ0n) is 9.00. The van der Waals surface area contributed by atoms with Crippen LogP contribution >= 0.6 is 0 Å². The molecule has 1 rings (SSSR count). The molecule has 0 spiro atoms. The topological polar surface area (TPSA) is 122 Å². The summed E-state index contributed by atoms with van der Waals surface area (Å²) in [6.07, 6.45) is 0. The Bertz CT molecular complexity index is 547. The van der Waals surface area contributed by atoms with Gasteiger partial charge in [0.25, 0.3) is 15.9 Å². The summed E-state index contributed by atoms with van der Waals surface area (Å²) in [6, 6.07) is 1.20. The van der Waals surface area contributed by atoms with Crippen LogP contribution in [-0.2, 0) is 19.7 Å². The minimum absolute atomic E-state index is 0.340. The largest absolute Gasteiger partial charge is 0.475 e. The van der Waals surface area contributed by atoms with E-state index in [1.54, 1.807) is 6.92 Å². The van der Waals surface area contributed by atoms with E-state index in [0.29, 0.717) is 11.3 Å². The van der Waals surface area contributed by atoms with Gasteiger partial charge in [-0.25, -0.2) is 4.79 Å². The van der Waals surface area contributed by atoms with E-state index in [4.69, 9.17) is 14.1 Å². The van der Waals surface area contributed by atoms with Gasteiger partial charge in [0.2, 0.25) is 5.25 Å². The summed E-state index contributed by atoms with van der Waals surface area (Å²) in [5, 5.41) is 6.26. The number of aliphatic carboxylic acids is 1. The summed E-state index contributed by atoms with van der Waals surface area (Å²) in [4.78, 5) is 21.7. The van der Waals surface area contributed by atoms with Crippen LogP contribution in [0.25, 0.3) is 0 Å². The lowest BCUT2D eigenvalue weighted by atomic mass is 10.2. The maximum atomic E-state index is 11.2. The lowest BCUT2D eigenvalue weighted by Gasteiger charge is -2.06. The van der Waals surface area contributed by atoms with Crippen LogP contribution in [0, 0.1) is 13.8 Å². The molecule has 0 amide bonds. The fraction of sp³-hybridized carbons (Fsp3) is 0.333. The Morgan fingerprint density at radius 3 is 2.18 bits per heavy atom. The first-order valence-electron chi connectivity index (χ1n) is 4.45. The van der Waals surface area contributed by atoms with E-state index in [1.807, 2.05) is 0 Å². The monoisotopic (exact) mass is 262 g/mol. The fourth-order valence-electron chi connectivity index (χ4n) is 1.25. The highest BCUT2D eigenvalue weighted by molar-refractivity contribution is 7.87. The maximum absolute atomic E-state index is 11.2. The van der Waals surface area contributed by atoms with Gasteiger partial charge in [0.1, 0.15) is 11.5 Å². The number of carboxylic acid groups (broad SMARTS) is 1. The first-order valence-corrected chi connectivity index (χ1v) is 5.95. The van der Waals surface area contributed by atoms with Crippen LogP contribution in [0.1, 0.15) is 22.3 Å². The highest BCUT2D eigenvalue weighted by Gasteiger charge is 2.39. The molecular weight excluding hydrogens is 252 g/mol. The molecule has 0 aromatic carbocycles. The van der Waals surface area contributed by atoms with Crippen LogP contribution in [0.15, 0.2) is 10.5 Å². The maximum Gasteiger partial charge on any atom is 0.374 e. The number of hydrogen-bond donors (Lipinski definition) is 2. The van der Waals surface area contributed by atoms with E-state index in [2.05, 4.69) is 0 Å². The molecule has 1 aromatic rings. The van der Waals surface area contributed by atoms with Crippen LogP contribution in [0.2, 0.25) is 0 Å². The molecule has 1 unspecified atom stereocenters. The van der Waals surface area contributed by atoms with Crippen molar-refractivity contribution in [3.63, 3.8) is 0 Å². The van der Waals surface area contributed by atoms with Gasteiger partial charge in [-0.1, -0.05) is 0 Å². The fourth-order valence-corrected chi connectivity index (χ4v) is 2.04. The van der Waals surface area contributed by atoms with Crippen molar-refractivity contribution < 1.29 is 32.1 Å². The third kappa shape index (κ3) is 2.71. The molecule has 0 aliphatic heterocycles. The number of rotatable bonds is 4. The minimum Gasteiger partial charge on any atom is -0.475 e. The van der Waals surface area contributed by atoms with E-state index in [-0.39, 0.29) is 0 Å². The zero-order chi connectivity index (χ0) is 13.4. The second-order valence-corrected chi connectivity index (χ2v) is 4.95. The molecule has 2 N–H and O–H groups in total. The quantitative estimate of drug-likeness (QED) is 0.597. The smallest absolute Gasteiger partial charge is 0.374 e. The van der Waals surface area contributed by atoms with Crippen molar-refractivity contribution in [2.75, 3.05) is 0 Å². The normalized spacial score (nSPS) is 13.4. The number of carbonyl (C=O) groups is 2. The summed E-state index contributed by atoms with van der Waals surface area (Å²) in [6.45, 7) is 3.11. The second kappa shape index (κ2) is 4.30. The predicted octanol–water partition coefficient (Wildman–Crippen LogP) is 0.479. The molecule has 17 heavy (non-hydrogen) atoms. The van der Waals surface area contributed by atoms with Crippen molar-refractivity contribution in [1.82, 2.24) is 0 Å². The van der Waals surface area contributed by atoms with Crippen molar-refractivity contribution in [1.29, 1.82) is 0 Å².